The van der Waals surface area contributed by atoms with Gasteiger partial charge >= 0.3 is 0 Å². The lowest BCUT2D eigenvalue weighted by atomic mass is 10.1. The van der Waals surface area contributed by atoms with Gasteiger partial charge in [0.25, 0.3) is 0 Å². The van der Waals surface area contributed by atoms with E-state index in [-0.39, 0.29) is 0 Å². The minimum absolute atomic E-state index is 0.713. The summed E-state index contributed by atoms with van der Waals surface area (Å²) >= 11 is 9.70. The molecule has 0 fully saturated rings. The van der Waals surface area contributed by atoms with E-state index in [1.54, 1.807) is 6.20 Å². The molecule has 0 spiro atoms. The fraction of sp³-hybridized carbons (Fsp3) is 0.118. The van der Waals surface area contributed by atoms with Crippen molar-refractivity contribution in [1.82, 2.24) is 4.98 Å². The van der Waals surface area contributed by atoms with Crippen LogP contribution in [0.3, 0.4) is 0 Å². The molecule has 3 rings (SSSR count). The third-order valence-corrected chi connectivity index (χ3v) is 4.48. The number of nitrogens with one attached hydrogen (secondary N) is 1. The SMILES string of the molecule is Cc1cc(CNc2cc(Cl)cc3cccnc23)ccc1Br. The first kappa shape index (κ1) is 14.4. The third kappa shape index (κ3) is 3.20. The fourth-order valence-corrected chi connectivity index (χ4v) is 2.78. The minimum Gasteiger partial charge on any atom is -0.379 e. The van der Waals surface area contributed by atoms with Crippen LogP contribution in [0.25, 0.3) is 10.9 Å². The summed E-state index contributed by atoms with van der Waals surface area (Å²) in [6.45, 7) is 2.82. The first-order chi connectivity index (χ1) is 10.1. The number of aromatic nitrogens is 1. The Morgan fingerprint density at radius 1 is 1.19 bits per heavy atom. The summed E-state index contributed by atoms with van der Waals surface area (Å²) < 4.78 is 1.13. The summed E-state index contributed by atoms with van der Waals surface area (Å²) in [5, 5.41) is 5.18. The van der Waals surface area contributed by atoms with E-state index in [1.807, 2.05) is 24.3 Å². The first-order valence-corrected chi connectivity index (χ1v) is 7.84. The minimum atomic E-state index is 0.713. The number of hydrogen-bond donors (Lipinski definition) is 1. The lowest BCUT2D eigenvalue weighted by molar-refractivity contribution is 1.14. The Labute approximate surface area is 137 Å². The van der Waals surface area contributed by atoms with Gasteiger partial charge in [-0.05, 0) is 42.3 Å². The maximum Gasteiger partial charge on any atom is 0.0934 e. The van der Waals surface area contributed by atoms with Gasteiger partial charge in [0.05, 0.1) is 11.2 Å². The Hall–Kier alpha value is -1.58. The number of anilines is 1. The van der Waals surface area contributed by atoms with Gasteiger partial charge in [0.15, 0.2) is 0 Å². The van der Waals surface area contributed by atoms with Crippen LogP contribution in [-0.2, 0) is 6.54 Å². The van der Waals surface area contributed by atoms with Crippen molar-refractivity contribution >= 4 is 44.1 Å². The molecule has 0 aliphatic rings. The Bertz CT molecular complexity index is 802. The van der Waals surface area contributed by atoms with Gasteiger partial charge in [0.1, 0.15) is 0 Å². The molecule has 2 aromatic carbocycles. The molecule has 0 aliphatic carbocycles. The molecule has 3 aromatic rings. The van der Waals surface area contributed by atoms with E-state index in [4.69, 9.17) is 11.6 Å². The molecule has 21 heavy (non-hydrogen) atoms. The molecule has 1 heterocycles. The van der Waals surface area contributed by atoms with E-state index < -0.39 is 0 Å². The average molecular weight is 362 g/mol. The van der Waals surface area contributed by atoms with Crippen molar-refractivity contribution in [2.24, 2.45) is 0 Å². The maximum atomic E-state index is 6.18. The van der Waals surface area contributed by atoms with Gasteiger partial charge in [0, 0.05) is 27.6 Å². The fourth-order valence-electron chi connectivity index (χ4n) is 2.30. The van der Waals surface area contributed by atoms with Crippen molar-refractivity contribution in [3.8, 4) is 0 Å². The molecule has 0 bridgehead atoms. The standard InChI is InChI=1S/C17H14BrClN2/c1-11-7-12(4-5-15(11)18)10-21-16-9-14(19)8-13-3-2-6-20-17(13)16/h2-9,21H,10H2,1H3. The van der Waals surface area contributed by atoms with Crippen LogP contribution in [0.1, 0.15) is 11.1 Å². The number of fused-ring (bicyclic) bond motifs is 1. The molecule has 0 atom stereocenters. The van der Waals surface area contributed by atoms with E-state index in [0.717, 1.165) is 27.6 Å². The molecule has 0 saturated carbocycles. The predicted molar refractivity (Wildman–Crippen MR) is 93.0 cm³/mol. The molecule has 1 N–H and O–H groups in total. The first-order valence-electron chi connectivity index (χ1n) is 6.66. The summed E-state index contributed by atoms with van der Waals surface area (Å²) in [5.74, 6) is 0. The molecule has 0 radical (unpaired) electrons. The molecule has 1 aromatic heterocycles. The zero-order valence-electron chi connectivity index (χ0n) is 11.5. The Morgan fingerprint density at radius 3 is 2.86 bits per heavy atom. The number of aryl methyl sites for hydroxylation is 1. The normalized spacial score (nSPS) is 10.8. The molecule has 2 nitrogen and oxygen atoms in total. The summed E-state index contributed by atoms with van der Waals surface area (Å²) in [6, 6.07) is 14.1. The third-order valence-electron chi connectivity index (χ3n) is 3.37. The molecule has 0 saturated heterocycles. The van der Waals surface area contributed by atoms with E-state index in [2.05, 4.69) is 51.4 Å². The highest BCUT2D eigenvalue weighted by Gasteiger charge is 2.05. The second-order valence-corrected chi connectivity index (χ2v) is 6.26. The van der Waals surface area contributed by atoms with E-state index >= 15 is 0 Å². The maximum absolute atomic E-state index is 6.18. The summed E-state index contributed by atoms with van der Waals surface area (Å²) in [7, 11) is 0. The van der Waals surface area contributed by atoms with Gasteiger partial charge in [-0.3, -0.25) is 4.98 Å². The monoisotopic (exact) mass is 360 g/mol. The zero-order chi connectivity index (χ0) is 14.8. The topological polar surface area (TPSA) is 24.9 Å². The summed E-state index contributed by atoms with van der Waals surface area (Å²) in [5.41, 5.74) is 4.34. The van der Waals surface area contributed by atoms with Crippen LogP contribution in [0.5, 0.6) is 0 Å². The van der Waals surface area contributed by atoms with Crippen LogP contribution in [0.15, 0.2) is 53.1 Å². The highest BCUT2D eigenvalue weighted by Crippen LogP contribution is 2.27. The molecule has 4 heteroatoms. The van der Waals surface area contributed by atoms with Gasteiger partial charge in [-0.25, -0.2) is 0 Å². The van der Waals surface area contributed by atoms with E-state index in [1.165, 1.54) is 11.1 Å². The number of benzene rings is 2. The lowest BCUT2D eigenvalue weighted by Gasteiger charge is -2.11. The van der Waals surface area contributed by atoms with Gasteiger partial charge in [-0.2, -0.15) is 0 Å². The van der Waals surface area contributed by atoms with Crippen molar-refractivity contribution in [1.29, 1.82) is 0 Å². The van der Waals surface area contributed by atoms with Crippen molar-refractivity contribution in [2.45, 2.75) is 13.5 Å². The van der Waals surface area contributed by atoms with E-state index in [0.29, 0.717) is 5.02 Å². The van der Waals surface area contributed by atoms with Gasteiger partial charge in [-0.1, -0.05) is 45.7 Å². The van der Waals surface area contributed by atoms with Crippen LogP contribution in [0.2, 0.25) is 5.02 Å². The predicted octanol–water partition coefficient (Wildman–Crippen LogP) is 5.57. The van der Waals surface area contributed by atoms with Crippen LogP contribution in [-0.4, -0.2) is 4.98 Å². The van der Waals surface area contributed by atoms with Crippen molar-refractivity contribution in [3.05, 3.63) is 69.3 Å². The van der Waals surface area contributed by atoms with Gasteiger partial charge in [-0.15, -0.1) is 0 Å². The van der Waals surface area contributed by atoms with Gasteiger partial charge < -0.3 is 5.32 Å². The number of rotatable bonds is 3. The van der Waals surface area contributed by atoms with Gasteiger partial charge in [0.2, 0.25) is 0 Å². The summed E-state index contributed by atoms with van der Waals surface area (Å²) in [4.78, 5) is 4.44. The lowest BCUT2D eigenvalue weighted by Crippen LogP contribution is -2.01. The second-order valence-electron chi connectivity index (χ2n) is 4.97. The molecule has 0 unspecified atom stereocenters. The van der Waals surface area contributed by atoms with Crippen LogP contribution in [0.4, 0.5) is 5.69 Å². The molecule has 0 aliphatic heterocycles. The number of hydrogen-bond acceptors (Lipinski definition) is 2. The Balaban J connectivity index is 1.89. The van der Waals surface area contributed by atoms with Crippen LogP contribution < -0.4 is 5.32 Å². The van der Waals surface area contributed by atoms with E-state index in [9.17, 15) is 0 Å². The van der Waals surface area contributed by atoms with Crippen LogP contribution in [0, 0.1) is 6.92 Å². The molecular weight excluding hydrogens is 348 g/mol. The van der Waals surface area contributed by atoms with Crippen molar-refractivity contribution in [2.75, 3.05) is 5.32 Å². The van der Waals surface area contributed by atoms with Crippen molar-refractivity contribution in [3.63, 3.8) is 0 Å². The highest BCUT2D eigenvalue weighted by molar-refractivity contribution is 9.10. The van der Waals surface area contributed by atoms with Crippen molar-refractivity contribution < 1.29 is 0 Å². The number of nitrogens with zero attached hydrogens (tertiary/aromatic N) is 1. The molecule has 106 valence electrons. The largest absolute Gasteiger partial charge is 0.379 e. The second kappa shape index (κ2) is 6.04. The Kier molecular flexibility index (Phi) is 4.13. The van der Waals surface area contributed by atoms with Crippen LogP contribution >= 0.6 is 27.5 Å². The quantitative estimate of drug-likeness (QED) is 0.659. The molecular formula is C17H14BrClN2. The highest BCUT2D eigenvalue weighted by atomic mass is 79.9. The smallest absolute Gasteiger partial charge is 0.0934 e. The number of halogens is 2. The average Bonchev–Trinajstić information content (AvgIpc) is 2.48. The molecule has 0 amide bonds. The number of pyridine rings is 1. The summed E-state index contributed by atoms with van der Waals surface area (Å²) in [6.07, 6.45) is 1.80. The zero-order valence-corrected chi connectivity index (χ0v) is 13.9. The Morgan fingerprint density at radius 2 is 2.05 bits per heavy atom.